The van der Waals surface area contributed by atoms with Crippen LogP contribution in [-0.2, 0) is 0 Å². The zero-order chi connectivity index (χ0) is 15.5. The molecule has 4 rings (SSSR count). The molecule has 0 aromatic rings. The molecule has 7 atom stereocenters. The monoisotopic (exact) mass is 301 g/mol. The highest BCUT2D eigenvalue weighted by Crippen LogP contribution is 2.67. The van der Waals surface area contributed by atoms with E-state index in [1.165, 1.54) is 57.8 Å². The summed E-state index contributed by atoms with van der Waals surface area (Å²) in [5.41, 5.74) is 9.25. The van der Waals surface area contributed by atoms with Crippen LogP contribution in [0.5, 0.6) is 0 Å². The zero-order valence-electron chi connectivity index (χ0n) is 14.9. The first-order chi connectivity index (χ1) is 10.5. The molecule has 0 bridgehead atoms. The molecule has 1 heteroatoms. The van der Waals surface area contributed by atoms with Crippen molar-refractivity contribution >= 4 is 0 Å². The van der Waals surface area contributed by atoms with Crippen LogP contribution >= 0.6 is 0 Å². The third-order valence-electron chi connectivity index (χ3n) is 8.90. The van der Waals surface area contributed by atoms with Crippen molar-refractivity contribution in [1.82, 2.24) is 0 Å². The third-order valence-corrected chi connectivity index (χ3v) is 8.90. The summed E-state index contributed by atoms with van der Waals surface area (Å²) in [6.07, 6.45) is 15.2. The lowest BCUT2D eigenvalue weighted by Crippen LogP contribution is -2.54. The maximum Gasteiger partial charge on any atom is 0.00418 e. The summed E-state index contributed by atoms with van der Waals surface area (Å²) in [6, 6.07) is 0.490. The Morgan fingerprint density at radius 2 is 1.82 bits per heavy atom. The molecule has 0 saturated heterocycles. The van der Waals surface area contributed by atoms with Crippen molar-refractivity contribution in [2.45, 2.75) is 84.6 Å². The molecule has 0 aliphatic heterocycles. The van der Waals surface area contributed by atoms with Gasteiger partial charge in [0.1, 0.15) is 0 Å². The highest BCUT2D eigenvalue weighted by molar-refractivity contribution is 5.23. The second-order valence-corrected chi connectivity index (χ2v) is 9.50. The molecule has 4 fully saturated rings. The van der Waals surface area contributed by atoms with Gasteiger partial charge in [-0.2, -0.15) is 0 Å². The first kappa shape index (κ1) is 15.2. The van der Waals surface area contributed by atoms with Crippen LogP contribution < -0.4 is 5.73 Å². The first-order valence-corrected chi connectivity index (χ1v) is 9.90. The predicted octanol–water partition coefficient (Wildman–Crippen LogP) is 5.30. The van der Waals surface area contributed by atoms with Crippen LogP contribution in [0.2, 0.25) is 0 Å². The SMILES string of the molecule is C/C=C1/CC[C@H]2[C@@H]3CC[C@@H]4C[C@H](N)CC[C@]4(C)[C@H]3CC[C@]12C. The van der Waals surface area contributed by atoms with Gasteiger partial charge in [0.15, 0.2) is 0 Å². The first-order valence-electron chi connectivity index (χ1n) is 9.90. The van der Waals surface area contributed by atoms with Gasteiger partial charge >= 0.3 is 0 Å². The molecule has 4 saturated carbocycles. The average Bonchev–Trinajstić information content (AvgIpc) is 2.84. The average molecular weight is 302 g/mol. The largest absolute Gasteiger partial charge is 0.328 e. The maximum atomic E-state index is 6.30. The van der Waals surface area contributed by atoms with Crippen molar-refractivity contribution in [3.8, 4) is 0 Å². The van der Waals surface area contributed by atoms with Gasteiger partial charge in [0.2, 0.25) is 0 Å². The topological polar surface area (TPSA) is 26.0 Å². The van der Waals surface area contributed by atoms with E-state index in [-0.39, 0.29) is 0 Å². The number of fused-ring (bicyclic) bond motifs is 5. The van der Waals surface area contributed by atoms with Gasteiger partial charge in [-0.3, -0.25) is 0 Å². The lowest BCUT2D eigenvalue weighted by atomic mass is 9.45. The summed E-state index contributed by atoms with van der Waals surface area (Å²) in [4.78, 5) is 0. The van der Waals surface area contributed by atoms with Gasteiger partial charge in [-0.1, -0.05) is 25.5 Å². The summed E-state index contributed by atoms with van der Waals surface area (Å²) < 4.78 is 0. The normalized spacial score (nSPS) is 56.4. The Morgan fingerprint density at radius 1 is 1.00 bits per heavy atom. The van der Waals surface area contributed by atoms with E-state index in [2.05, 4.69) is 26.8 Å². The van der Waals surface area contributed by atoms with Gasteiger partial charge in [-0.15, -0.1) is 0 Å². The summed E-state index contributed by atoms with van der Waals surface area (Å²) in [7, 11) is 0. The minimum Gasteiger partial charge on any atom is -0.328 e. The molecule has 0 spiro atoms. The van der Waals surface area contributed by atoms with E-state index in [0.29, 0.717) is 16.9 Å². The van der Waals surface area contributed by atoms with Gasteiger partial charge in [0, 0.05) is 6.04 Å². The molecule has 0 aromatic heterocycles. The fraction of sp³-hybridized carbons (Fsp3) is 0.905. The van der Waals surface area contributed by atoms with E-state index in [0.717, 1.165) is 23.7 Å². The van der Waals surface area contributed by atoms with Crippen LogP contribution in [-0.4, -0.2) is 6.04 Å². The van der Waals surface area contributed by atoms with Crippen molar-refractivity contribution < 1.29 is 0 Å². The fourth-order valence-electron chi connectivity index (χ4n) is 7.61. The van der Waals surface area contributed by atoms with Gasteiger partial charge in [0.25, 0.3) is 0 Å². The van der Waals surface area contributed by atoms with Gasteiger partial charge in [-0.25, -0.2) is 0 Å². The second kappa shape index (κ2) is 5.10. The molecule has 0 aromatic carbocycles. The molecule has 22 heavy (non-hydrogen) atoms. The molecule has 124 valence electrons. The van der Waals surface area contributed by atoms with E-state index >= 15 is 0 Å². The molecule has 0 radical (unpaired) electrons. The molecule has 0 amide bonds. The molecular weight excluding hydrogens is 266 g/mol. The summed E-state index contributed by atoms with van der Waals surface area (Å²) >= 11 is 0. The van der Waals surface area contributed by atoms with E-state index in [4.69, 9.17) is 5.73 Å². The van der Waals surface area contributed by atoms with Crippen molar-refractivity contribution in [3.63, 3.8) is 0 Å². The number of nitrogens with two attached hydrogens (primary N) is 1. The number of rotatable bonds is 0. The highest BCUT2D eigenvalue weighted by Gasteiger charge is 2.58. The Morgan fingerprint density at radius 3 is 2.59 bits per heavy atom. The predicted molar refractivity (Wildman–Crippen MR) is 93.5 cm³/mol. The van der Waals surface area contributed by atoms with Crippen LogP contribution in [0, 0.1) is 34.5 Å². The van der Waals surface area contributed by atoms with Crippen molar-refractivity contribution in [1.29, 1.82) is 0 Å². The van der Waals surface area contributed by atoms with Crippen LogP contribution in [0.15, 0.2) is 11.6 Å². The van der Waals surface area contributed by atoms with Crippen LogP contribution in [0.1, 0.15) is 78.6 Å². The summed E-state index contributed by atoms with van der Waals surface area (Å²) in [5, 5.41) is 0. The number of hydrogen-bond acceptors (Lipinski definition) is 1. The van der Waals surface area contributed by atoms with Gasteiger partial charge in [0.05, 0.1) is 0 Å². The number of allylic oxidation sites excluding steroid dienone is 2. The smallest absolute Gasteiger partial charge is 0.00418 e. The van der Waals surface area contributed by atoms with E-state index in [1.807, 2.05) is 0 Å². The Kier molecular flexibility index (Phi) is 3.53. The molecule has 1 nitrogen and oxygen atoms in total. The number of hydrogen-bond donors (Lipinski definition) is 1. The molecule has 4 aliphatic carbocycles. The van der Waals surface area contributed by atoms with Crippen molar-refractivity contribution in [2.75, 3.05) is 0 Å². The highest BCUT2D eigenvalue weighted by atomic mass is 14.7. The molecule has 0 heterocycles. The van der Waals surface area contributed by atoms with Gasteiger partial charge in [-0.05, 0) is 99.2 Å². The molecule has 0 unspecified atom stereocenters. The van der Waals surface area contributed by atoms with Crippen LogP contribution in [0.25, 0.3) is 0 Å². The quantitative estimate of drug-likeness (QED) is 0.603. The molecule has 4 aliphatic rings. The van der Waals surface area contributed by atoms with E-state index in [1.54, 1.807) is 5.57 Å². The fourth-order valence-corrected chi connectivity index (χ4v) is 7.61. The van der Waals surface area contributed by atoms with Crippen LogP contribution in [0.3, 0.4) is 0 Å². The van der Waals surface area contributed by atoms with Gasteiger partial charge < -0.3 is 5.73 Å². The lowest BCUT2D eigenvalue weighted by molar-refractivity contribution is -0.0999. The third kappa shape index (κ3) is 1.93. The summed E-state index contributed by atoms with van der Waals surface area (Å²) in [6.45, 7) is 7.52. The standard InChI is InChI=1S/C21H35N/c1-4-14-6-8-18-17-7-5-15-13-16(22)9-11-21(15,3)19(17)10-12-20(14,18)2/h4,15-19H,5-13,22H2,1-3H3/b14-4-/t15-,16-,17+,18+,19+,20-,21+/m1/s1. The molecular formula is C21H35N. The van der Waals surface area contributed by atoms with Crippen LogP contribution in [0.4, 0.5) is 0 Å². The Hall–Kier alpha value is -0.300. The Bertz CT molecular complexity index is 480. The van der Waals surface area contributed by atoms with Crippen molar-refractivity contribution in [2.24, 2.45) is 40.2 Å². The second-order valence-electron chi connectivity index (χ2n) is 9.50. The molecule has 2 N–H and O–H groups in total. The Balaban J connectivity index is 1.63. The minimum absolute atomic E-state index is 0.490. The Labute approximate surface area is 137 Å². The van der Waals surface area contributed by atoms with Crippen molar-refractivity contribution in [3.05, 3.63) is 11.6 Å². The zero-order valence-corrected chi connectivity index (χ0v) is 14.9. The van der Waals surface area contributed by atoms with E-state index in [9.17, 15) is 0 Å². The maximum absolute atomic E-state index is 6.30. The minimum atomic E-state index is 0.490. The van der Waals surface area contributed by atoms with E-state index < -0.39 is 0 Å². The lowest BCUT2D eigenvalue weighted by Gasteiger charge is -2.60. The summed E-state index contributed by atoms with van der Waals surface area (Å²) in [5.74, 6) is 3.90.